The minimum atomic E-state index is -0.432. The molecule has 0 aliphatic carbocycles. The van der Waals surface area contributed by atoms with E-state index < -0.39 is 4.92 Å². The number of nitrogens with zero attached hydrogens (tertiary/aromatic N) is 3. The Bertz CT molecular complexity index is 491. The third kappa shape index (κ3) is 4.60. The Morgan fingerprint density at radius 3 is 2.53 bits per heavy atom. The molecule has 0 N–H and O–H groups in total. The summed E-state index contributed by atoms with van der Waals surface area (Å²) in [6.45, 7) is 0.755. The fraction of sp³-hybridized carbons (Fsp3) is 0.417. The van der Waals surface area contributed by atoms with E-state index in [-0.39, 0.29) is 18.1 Å². The summed E-state index contributed by atoms with van der Waals surface area (Å²) in [7, 11) is 5.19. The van der Waals surface area contributed by atoms with Crippen LogP contribution in [0.2, 0.25) is 0 Å². The average Bonchev–Trinajstić information content (AvgIpc) is 2.30. The fourth-order valence-electron chi connectivity index (χ4n) is 1.54. The number of benzene rings is 1. The number of carbonyl (C=O) groups is 1. The number of rotatable bonds is 5. The molecule has 0 radical (unpaired) electrons. The molecule has 1 aromatic rings. The lowest BCUT2D eigenvalue weighted by atomic mass is 10.2. The monoisotopic (exact) mass is 329 g/mol. The first kappa shape index (κ1) is 15.6. The number of nitro groups is 1. The average molecular weight is 330 g/mol. The van der Waals surface area contributed by atoms with E-state index in [9.17, 15) is 14.9 Å². The highest BCUT2D eigenvalue weighted by Crippen LogP contribution is 2.25. The summed E-state index contributed by atoms with van der Waals surface area (Å²) in [5, 5.41) is 10.8. The molecule has 0 aliphatic rings. The second kappa shape index (κ2) is 6.63. The smallest absolute Gasteiger partial charge is 0.283 e. The summed E-state index contributed by atoms with van der Waals surface area (Å²) in [5.74, 6) is -0.00545. The van der Waals surface area contributed by atoms with E-state index in [0.29, 0.717) is 11.0 Å². The highest BCUT2D eigenvalue weighted by Gasteiger charge is 2.14. The molecule has 0 saturated heterocycles. The van der Waals surface area contributed by atoms with Gasteiger partial charge in [-0.3, -0.25) is 19.8 Å². The molecule has 6 nitrogen and oxygen atoms in total. The van der Waals surface area contributed by atoms with Crippen LogP contribution in [0.25, 0.3) is 0 Å². The first-order valence-electron chi connectivity index (χ1n) is 5.62. The van der Waals surface area contributed by atoms with E-state index >= 15 is 0 Å². The third-order valence-electron chi connectivity index (χ3n) is 2.56. The Morgan fingerprint density at radius 2 is 2.00 bits per heavy atom. The number of halogens is 1. The Morgan fingerprint density at radius 1 is 1.37 bits per heavy atom. The molecule has 1 amide bonds. The molecule has 0 fully saturated rings. The van der Waals surface area contributed by atoms with Crippen LogP contribution in [0.3, 0.4) is 0 Å². The molecule has 0 aliphatic heterocycles. The van der Waals surface area contributed by atoms with Gasteiger partial charge in [0, 0.05) is 26.7 Å². The second-order valence-corrected chi connectivity index (χ2v) is 5.36. The van der Waals surface area contributed by atoms with Gasteiger partial charge in [-0.1, -0.05) is 6.07 Å². The highest BCUT2D eigenvalue weighted by atomic mass is 79.9. The van der Waals surface area contributed by atoms with Crippen LogP contribution in [0.5, 0.6) is 0 Å². The molecule has 0 atom stereocenters. The Balaban J connectivity index is 2.75. The van der Waals surface area contributed by atoms with Gasteiger partial charge in [-0.2, -0.15) is 0 Å². The van der Waals surface area contributed by atoms with Crippen molar-refractivity contribution in [1.82, 2.24) is 9.80 Å². The van der Waals surface area contributed by atoms with Crippen molar-refractivity contribution in [2.45, 2.75) is 6.54 Å². The number of hydrogen-bond acceptors (Lipinski definition) is 4. The summed E-state index contributed by atoms with van der Waals surface area (Å²) in [6, 6.07) is 4.96. The first-order chi connectivity index (χ1) is 8.81. The highest BCUT2D eigenvalue weighted by molar-refractivity contribution is 9.10. The Hall–Kier alpha value is -1.47. The summed E-state index contributed by atoms with van der Waals surface area (Å²) in [4.78, 5) is 25.3. The topological polar surface area (TPSA) is 66.7 Å². The molecular weight excluding hydrogens is 314 g/mol. The standard InChI is InChI=1S/C12H16BrN3O3/c1-14(2)12(17)8-15(3)7-9-4-5-10(13)11(6-9)16(18)19/h4-6H,7-8H2,1-3H3. The fourth-order valence-corrected chi connectivity index (χ4v) is 1.93. The minimum Gasteiger partial charge on any atom is -0.348 e. The molecule has 0 unspecified atom stereocenters. The number of likely N-dealkylation sites (N-methyl/N-ethyl adjacent to an activating group) is 2. The Kier molecular flexibility index (Phi) is 5.44. The quantitative estimate of drug-likeness (QED) is 0.611. The number of hydrogen-bond donors (Lipinski definition) is 0. The van der Waals surface area contributed by atoms with Gasteiger partial charge < -0.3 is 4.90 Å². The molecule has 1 aromatic carbocycles. The molecule has 1 rings (SSSR count). The maximum Gasteiger partial charge on any atom is 0.283 e. The van der Waals surface area contributed by atoms with Gasteiger partial charge in [0.1, 0.15) is 0 Å². The van der Waals surface area contributed by atoms with Crippen molar-refractivity contribution in [3.8, 4) is 0 Å². The molecule has 0 saturated carbocycles. The third-order valence-corrected chi connectivity index (χ3v) is 3.23. The molecule has 0 aromatic heterocycles. The van der Waals surface area contributed by atoms with E-state index in [1.165, 1.54) is 11.0 Å². The molecule has 104 valence electrons. The van der Waals surface area contributed by atoms with Crippen molar-refractivity contribution < 1.29 is 9.72 Å². The van der Waals surface area contributed by atoms with Crippen molar-refractivity contribution in [2.75, 3.05) is 27.7 Å². The van der Waals surface area contributed by atoms with Crippen molar-refractivity contribution in [3.63, 3.8) is 0 Å². The van der Waals surface area contributed by atoms with E-state index in [1.54, 1.807) is 33.3 Å². The van der Waals surface area contributed by atoms with Gasteiger partial charge in [-0.25, -0.2) is 0 Å². The van der Waals surface area contributed by atoms with E-state index in [1.807, 2.05) is 4.90 Å². The van der Waals surface area contributed by atoms with E-state index in [2.05, 4.69) is 15.9 Å². The van der Waals surface area contributed by atoms with Crippen LogP contribution in [0.15, 0.2) is 22.7 Å². The predicted molar refractivity (Wildman–Crippen MR) is 75.8 cm³/mol. The van der Waals surface area contributed by atoms with Gasteiger partial charge >= 0.3 is 0 Å². The van der Waals surface area contributed by atoms with Crippen molar-refractivity contribution in [3.05, 3.63) is 38.3 Å². The SMILES string of the molecule is CN(CC(=O)N(C)C)Cc1ccc(Br)c([N+](=O)[O-])c1. The lowest BCUT2D eigenvalue weighted by Gasteiger charge is -2.18. The van der Waals surface area contributed by atoms with Gasteiger partial charge in [0.25, 0.3) is 5.69 Å². The molecule has 0 bridgehead atoms. The van der Waals surface area contributed by atoms with Crippen LogP contribution in [0.4, 0.5) is 5.69 Å². The summed E-state index contributed by atoms with van der Waals surface area (Å²) in [5.41, 5.74) is 0.828. The maximum atomic E-state index is 11.5. The van der Waals surface area contributed by atoms with Gasteiger partial charge in [0.2, 0.25) is 5.91 Å². The number of amides is 1. The zero-order valence-electron chi connectivity index (χ0n) is 11.1. The first-order valence-corrected chi connectivity index (χ1v) is 6.42. The van der Waals surface area contributed by atoms with E-state index in [0.717, 1.165) is 5.56 Å². The van der Waals surface area contributed by atoms with Crippen LogP contribution in [-0.2, 0) is 11.3 Å². The maximum absolute atomic E-state index is 11.5. The molecule has 7 heteroatoms. The lowest BCUT2D eigenvalue weighted by molar-refractivity contribution is -0.385. The van der Waals surface area contributed by atoms with Crippen LogP contribution in [0.1, 0.15) is 5.56 Å². The zero-order valence-corrected chi connectivity index (χ0v) is 12.7. The minimum absolute atomic E-state index is 0.00545. The van der Waals surface area contributed by atoms with Gasteiger partial charge in [0.05, 0.1) is 15.9 Å². The number of carbonyl (C=O) groups excluding carboxylic acids is 1. The predicted octanol–water partition coefficient (Wildman–Crippen LogP) is 1.88. The van der Waals surface area contributed by atoms with E-state index in [4.69, 9.17) is 0 Å². The van der Waals surface area contributed by atoms with Crippen molar-refractivity contribution in [1.29, 1.82) is 0 Å². The zero-order chi connectivity index (χ0) is 14.6. The molecule has 19 heavy (non-hydrogen) atoms. The molecular formula is C12H16BrN3O3. The summed E-state index contributed by atoms with van der Waals surface area (Å²) >= 11 is 3.14. The van der Waals surface area contributed by atoms with Gasteiger partial charge in [-0.05, 0) is 34.6 Å². The van der Waals surface area contributed by atoms with Gasteiger partial charge in [-0.15, -0.1) is 0 Å². The largest absolute Gasteiger partial charge is 0.348 e. The van der Waals surface area contributed by atoms with Crippen molar-refractivity contribution >= 4 is 27.5 Å². The normalized spacial score (nSPS) is 10.6. The lowest BCUT2D eigenvalue weighted by Crippen LogP contribution is -2.34. The van der Waals surface area contributed by atoms with Gasteiger partial charge in [0.15, 0.2) is 0 Å². The summed E-state index contributed by atoms with van der Waals surface area (Å²) < 4.78 is 0.452. The molecule has 0 spiro atoms. The molecule has 0 heterocycles. The Labute approximate surface area is 120 Å². The van der Waals surface area contributed by atoms with Crippen LogP contribution in [-0.4, -0.2) is 48.3 Å². The number of nitro benzene ring substituents is 1. The van der Waals surface area contributed by atoms with Crippen LogP contribution < -0.4 is 0 Å². The van der Waals surface area contributed by atoms with Crippen LogP contribution >= 0.6 is 15.9 Å². The van der Waals surface area contributed by atoms with Crippen molar-refractivity contribution in [2.24, 2.45) is 0 Å². The van der Waals surface area contributed by atoms with Crippen LogP contribution in [0, 0.1) is 10.1 Å². The second-order valence-electron chi connectivity index (χ2n) is 4.50. The summed E-state index contributed by atoms with van der Waals surface area (Å²) in [6.07, 6.45) is 0.